The van der Waals surface area contributed by atoms with Crippen LogP contribution < -0.4 is 0 Å². The second-order valence-electron chi connectivity index (χ2n) is 5.73. The summed E-state index contributed by atoms with van der Waals surface area (Å²) < 4.78 is 6.86. The summed E-state index contributed by atoms with van der Waals surface area (Å²) in [5.41, 5.74) is 3.80. The van der Waals surface area contributed by atoms with Crippen molar-refractivity contribution >= 4 is 34.8 Å². The number of nitrogens with zero attached hydrogens (tertiary/aromatic N) is 1. The maximum Gasteiger partial charge on any atom is 0.337 e. The molecular weight excluding hydrogens is 338 g/mol. The fourth-order valence-corrected chi connectivity index (χ4v) is 3.36. The van der Waals surface area contributed by atoms with Gasteiger partial charge in [0.05, 0.1) is 18.2 Å². The molecule has 0 amide bonds. The Balaban J connectivity index is 2.25. The van der Waals surface area contributed by atoms with Gasteiger partial charge in [-0.15, -0.1) is 0 Å². The fourth-order valence-electron chi connectivity index (χ4n) is 3.16. The predicted octanol–water partition coefficient (Wildman–Crippen LogP) is 4.50. The van der Waals surface area contributed by atoms with Crippen molar-refractivity contribution in [1.82, 2.24) is 4.57 Å². The van der Waals surface area contributed by atoms with E-state index in [4.69, 9.17) is 16.3 Å². The number of hydrogen-bond donors (Lipinski definition) is 0. The summed E-state index contributed by atoms with van der Waals surface area (Å²) in [5.74, 6) is -0.405. The van der Waals surface area contributed by atoms with E-state index in [2.05, 4.69) is 0 Å². The van der Waals surface area contributed by atoms with Gasteiger partial charge < -0.3 is 9.30 Å². The first-order valence-electron chi connectivity index (χ1n) is 8.02. The van der Waals surface area contributed by atoms with Gasteiger partial charge in [-0.3, -0.25) is 4.79 Å². The van der Waals surface area contributed by atoms with E-state index < -0.39 is 5.97 Å². The SMILES string of the molecule is CCc1c(C=O)c2ccc(C(=O)OC)cc2n1Cc1ccccc1Cl. The predicted molar refractivity (Wildman–Crippen MR) is 98.6 cm³/mol. The van der Waals surface area contributed by atoms with Crippen LogP contribution >= 0.6 is 11.6 Å². The minimum Gasteiger partial charge on any atom is -0.465 e. The highest BCUT2D eigenvalue weighted by molar-refractivity contribution is 6.31. The average molecular weight is 356 g/mol. The topological polar surface area (TPSA) is 48.3 Å². The number of ether oxygens (including phenoxy) is 1. The molecule has 0 spiro atoms. The van der Waals surface area contributed by atoms with E-state index in [1.807, 2.05) is 35.8 Å². The van der Waals surface area contributed by atoms with Crippen molar-refractivity contribution in [2.75, 3.05) is 7.11 Å². The molecule has 2 aromatic carbocycles. The fraction of sp³-hybridized carbons (Fsp3) is 0.200. The Labute approximate surface area is 151 Å². The smallest absolute Gasteiger partial charge is 0.337 e. The molecule has 25 heavy (non-hydrogen) atoms. The number of aromatic nitrogens is 1. The molecule has 1 heterocycles. The van der Waals surface area contributed by atoms with Crippen LogP contribution in [-0.2, 0) is 17.7 Å². The van der Waals surface area contributed by atoms with Crippen LogP contribution in [0.4, 0.5) is 0 Å². The minimum absolute atomic E-state index is 0.405. The number of hydrogen-bond acceptors (Lipinski definition) is 3. The third-order valence-electron chi connectivity index (χ3n) is 4.38. The van der Waals surface area contributed by atoms with Gasteiger partial charge in [0, 0.05) is 28.2 Å². The number of carbonyl (C=O) groups excluding carboxylic acids is 2. The van der Waals surface area contributed by atoms with Gasteiger partial charge in [-0.2, -0.15) is 0 Å². The van der Waals surface area contributed by atoms with Gasteiger partial charge in [-0.1, -0.05) is 42.8 Å². The Bertz CT molecular complexity index is 959. The van der Waals surface area contributed by atoms with Crippen LogP contribution in [0.3, 0.4) is 0 Å². The van der Waals surface area contributed by atoms with E-state index in [9.17, 15) is 9.59 Å². The van der Waals surface area contributed by atoms with Crippen LogP contribution in [0.5, 0.6) is 0 Å². The van der Waals surface area contributed by atoms with E-state index in [1.54, 1.807) is 18.2 Å². The molecule has 4 nitrogen and oxygen atoms in total. The Hall–Kier alpha value is -2.59. The summed E-state index contributed by atoms with van der Waals surface area (Å²) in [6.45, 7) is 2.53. The quantitative estimate of drug-likeness (QED) is 0.500. The lowest BCUT2D eigenvalue weighted by Gasteiger charge is -2.12. The molecule has 5 heteroatoms. The van der Waals surface area contributed by atoms with E-state index in [-0.39, 0.29) is 0 Å². The van der Waals surface area contributed by atoms with Crippen LogP contribution in [0.15, 0.2) is 42.5 Å². The zero-order valence-electron chi connectivity index (χ0n) is 14.1. The van der Waals surface area contributed by atoms with Crippen LogP contribution in [-0.4, -0.2) is 23.9 Å². The molecule has 0 aliphatic heterocycles. The molecule has 0 N–H and O–H groups in total. The summed E-state index contributed by atoms with van der Waals surface area (Å²) >= 11 is 6.31. The van der Waals surface area contributed by atoms with Crippen LogP contribution in [0.2, 0.25) is 5.02 Å². The zero-order valence-corrected chi connectivity index (χ0v) is 14.8. The molecule has 3 aromatic rings. The Morgan fingerprint density at radius 1 is 1.24 bits per heavy atom. The largest absolute Gasteiger partial charge is 0.465 e. The van der Waals surface area contributed by atoms with Gasteiger partial charge in [0.25, 0.3) is 0 Å². The van der Waals surface area contributed by atoms with Crippen molar-refractivity contribution in [1.29, 1.82) is 0 Å². The van der Waals surface area contributed by atoms with E-state index in [0.717, 1.165) is 28.4 Å². The summed E-state index contributed by atoms with van der Waals surface area (Å²) in [6, 6.07) is 12.9. The highest BCUT2D eigenvalue weighted by atomic mass is 35.5. The third-order valence-corrected chi connectivity index (χ3v) is 4.74. The molecule has 0 aliphatic carbocycles. The average Bonchev–Trinajstić information content (AvgIpc) is 2.94. The second-order valence-corrected chi connectivity index (χ2v) is 6.14. The number of methoxy groups -OCH3 is 1. The first kappa shape index (κ1) is 17.2. The van der Waals surface area contributed by atoms with Gasteiger partial charge >= 0.3 is 5.97 Å². The Morgan fingerprint density at radius 2 is 2.00 bits per heavy atom. The molecule has 0 radical (unpaired) electrons. The first-order valence-corrected chi connectivity index (χ1v) is 8.40. The number of fused-ring (bicyclic) bond motifs is 1. The highest BCUT2D eigenvalue weighted by Crippen LogP contribution is 2.29. The van der Waals surface area contributed by atoms with Gasteiger partial charge in [-0.05, 0) is 30.2 Å². The molecule has 1 aromatic heterocycles. The molecule has 0 fully saturated rings. The highest BCUT2D eigenvalue weighted by Gasteiger charge is 2.18. The number of benzene rings is 2. The van der Waals surface area contributed by atoms with Crippen molar-refractivity contribution in [3.63, 3.8) is 0 Å². The maximum atomic E-state index is 11.9. The first-order chi connectivity index (χ1) is 12.1. The number of rotatable bonds is 5. The number of carbonyl (C=O) groups is 2. The van der Waals surface area contributed by atoms with Gasteiger partial charge in [0.2, 0.25) is 0 Å². The van der Waals surface area contributed by atoms with E-state index in [1.165, 1.54) is 7.11 Å². The monoisotopic (exact) mass is 355 g/mol. The zero-order chi connectivity index (χ0) is 18.0. The lowest BCUT2D eigenvalue weighted by molar-refractivity contribution is 0.0601. The summed E-state index contributed by atoms with van der Waals surface area (Å²) in [4.78, 5) is 23.6. The number of aldehydes is 1. The lowest BCUT2D eigenvalue weighted by Crippen LogP contribution is -2.06. The van der Waals surface area contributed by atoms with Gasteiger partial charge in [-0.25, -0.2) is 4.79 Å². The Morgan fingerprint density at radius 3 is 2.64 bits per heavy atom. The van der Waals surface area contributed by atoms with Crippen molar-refractivity contribution in [3.05, 3.63) is 69.9 Å². The Kier molecular flexibility index (Phi) is 4.91. The van der Waals surface area contributed by atoms with E-state index >= 15 is 0 Å². The van der Waals surface area contributed by atoms with Crippen LogP contribution in [0, 0.1) is 0 Å². The molecule has 0 unspecified atom stereocenters. The molecule has 0 atom stereocenters. The van der Waals surface area contributed by atoms with Crippen LogP contribution in [0.25, 0.3) is 10.9 Å². The molecule has 0 saturated heterocycles. The minimum atomic E-state index is -0.405. The van der Waals surface area contributed by atoms with Crippen molar-refractivity contribution in [2.45, 2.75) is 19.9 Å². The molecule has 3 rings (SSSR count). The normalized spacial score (nSPS) is 10.8. The molecule has 0 aliphatic rings. The van der Waals surface area contributed by atoms with Crippen molar-refractivity contribution in [3.8, 4) is 0 Å². The summed E-state index contributed by atoms with van der Waals surface area (Å²) in [5, 5.41) is 1.50. The van der Waals surface area contributed by atoms with Crippen LogP contribution in [0.1, 0.15) is 38.9 Å². The van der Waals surface area contributed by atoms with Crippen molar-refractivity contribution in [2.24, 2.45) is 0 Å². The molecule has 128 valence electrons. The second kappa shape index (κ2) is 7.11. The summed E-state index contributed by atoms with van der Waals surface area (Å²) in [7, 11) is 1.35. The number of halogens is 1. The van der Waals surface area contributed by atoms with Gasteiger partial charge in [0.15, 0.2) is 6.29 Å². The molecular formula is C20H18ClNO3. The van der Waals surface area contributed by atoms with Crippen molar-refractivity contribution < 1.29 is 14.3 Å². The summed E-state index contributed by atoms with van der Waals surface area (Å²) in [6.07, 6.45) is 1.57. The number of esters is 1. The molecule has 0 saturated carbocycles. The maximum absolute atomic E-state index is 11.9. The molecule has 0 bridgehead atoms. The van der Waals surface area contributed by atoms with Gasteiger partial charge in [0.1, 0.15) is 0 Å². The third kappa shape index (κ3) is 3.05. The standard InChI is InChI=1S/C20H18ClNO3/c1-3-18-16(12-23)15-9-8-13(20(24)25-2)10-19(15)22(18)11-14-6-4-5-7-17(14)21/h4-10,12H,3,11H2,1-2H3. The lowest BCUT2D eigenvalue weighted by atomic mass is 10.1. The van der Waals surface area contributed by atoms with E-state index in [0.29, 0.717) is 29.1 Å².